The van der Waals surface area contributed by atoms with Crippen LogP contribution >= 0.6 is 0 Å². The van der Waals surface area contributed by atoms with Crippen molar-refractivity contribution in [1.29, 1.82) is 0 Å². The summed E-state index contributed by atoms with van der Waals surface area (Å²) in [7, 11) is 0. The standard InChI is InChI=1S/C93H90N4/c1-9-13-15-17-57-93(58-18-16-14-10-2)91-65-87(96(83-33-21-27-69(7)61-83)79-49-41-75(42-50-79)73-37-45-77(46-38-73)94(81-31-19-25-67(5)59-81)85-35-23-29-71(11-3)63-85)53-55-89(91)90-56-54-88(66-92(90)93)97(84-34-22-28-70(8)62-84)80-51-43-76(44-52-80)74-39-47-78(48-40-74)95(82-32-20-26-68(6)60-82)86-36-24-30-72(12-4)64-86/h11-12,19-56,59-66H,3-4,9-10,13-18,57-58H2,1-2,5-8H3. The van der Waals surface area contributed by atoms with Gasteiger partial charge in [0, 0.05) is 73.7 Å². The van der Waals surface area contributed by atoms with Crippen LogP contribution in [0.2, 0.25) is 0 Å². The van der Waals surface area contributed by atoms with Gasteiger partial charge >= 0.3 is 0 Å². The maximum absolute atomic E-state index is 4.07. The minimum atomic E-state index is -0.201. The van der Waals surface area contributed by atoms with Gasteiger partial charge < -0.3 is 19.6 Å². The van der Waals surface area contributed by atoms with Crippen molar-refractivity contribution in [2.45, 2.75) is 111 Å². The summed E-state index contributed by atoms with van der Waals surface area (Å²) < 4.78 is 0. The number of hydrogen-bond donors (Lipinski definition) is 0. The highest BCUT2D eigenvalue weighted by molar-refractivity contribution is 5.90. The number of benzene rings is 12. The molecular weight excluding hydrogens is 1170 g/mol. The number of nitrogens with zero attached hydrogens (tertiary/aromatic N) is 4. The Hall–Kier alpha value is -10.7. The third kappa shape index (κ3) is 14.1. The molecule has 1 aliphatic carbocycles. The van der Waals surface area contributed by atoms with Crippen LogP contribution in [-0.4, -0.2) is 0 Å². The first-order chi connectivity index (χ1) is 47.5. The van der Waals surface area contributed by atoms with E-state index in [1.165, 1.54) is 130 Å². The summed E-state index contributed by atoms with van der Waals surface area (Å²) in [6.07, 6.45) is 15.7. The third-order valence-electron chi connectivity index (χ3n) is 19.7. The summed E-state index contributed by atoms with van der Waals surface area (Å²) >= 11 is 0. The number of hydrogen-bond acceptors (Lipinski definition) is 4. The van der Waals surface area contributed by atoms with Gasteiger partial charge in [-0.2, -0.15) is 0 Å². The SMILES string of the molecule is C=Cc1cccc(N(c2ccc(-c3ccc(N(c4cccc(C)c4)c4ccc5c(c4)C(CCCCCC)(CCCCCC)c4cc(N(c6ccc(-c7ccc(N(c8cccc(C)c8)c8cccc(C=C)c8)cc7)cc6)c6cccc(C)c6)ccc4-5)cc3)cc2)c2cccc(C)c2)c1. The zero-order chi connectivity index (χ0) is 66.8. The molecule has 482 valence electrons. The summed E-state index contributed by atoms with van der Waals surface area (Å²) in [5.74, 6) is 0. The van der Waals surface area contributed by atoms with Crippen LogP contribution in [-0.2, 0) is 5.41 Å². The van der Waals surface area contributed by atoms with Crippen LogP contribution in [0.3, 0.4) is 0 Å². The molecule has 0 radical (unpaired) electrons. The number of unbranched alkanes of at least 4 members (excludes halogenated alkanes) is 6. The van der Waals surface area contributed by atoms with Crippen molar-refractivity contribution in [2.75, 3.05) is 19.6 Å². The molecule has 0 fully saturated rings. The lowest BCUT2D eigenvalue weighted by atomic mass is 9.70. The fraction of sp³-hybridized carbons (Fsp3) is 0.183. The van der Waals surface area contributed by atoms with E-state index in [0.29, 0.717) is 0 Å². The van der Waals surface area contributed by atoms with Gasteiger partial charge in [0.1, 0.15) is 0 Å². The maximum Gasteiger partial charge on any atom is 0.0467 e. The van der Waals surface area contributed by atoms with Gasteiger partial charge in [-0.3, -0.25) is 0 Å². The molecule has 4 nitrogen and oxygen atoms in total. The molecule has 0 amide bonds. The Morgan fingerprint density at radius 3 is 0.794 bits per heavy atom. The average molecular weight is 1260 g/mol. The van der Waals surface area contributed by atoms with Gasteiger partial charge in [0.15, 0.2) is 0 Å². The van der Waals surface area contributed by atoms with Crippen LogP contribution < -0.4 is 19.6 Å². The molecule has 97 heavy (non-hydrogen) atoms. The van der Waals surface area contributed by atoms with E-state index in [1.54, 1.807) is 0 Å². The lowest BCUT2D eigenvalue weighted by Gasteiger charge is -2.35. The van der Waals surface area contributed by atoms with Crippen molar-refractivity contribution < 1.29 is 0 Å². The number of fused-ring (bicyclic) bond motifs is 3. The molecule has 12 aromatic rings. The van der Waals surface area contributed by atoms with Gasteiger partial charge in [0.25, 0.3) is 0 Å². The predicted octanol–water partition coefficient (Wildman–Crippen LogP) is 27.6. The van der Waals surface area contributed by atoms with Crippen molar-refractivity contribution in [3.63, 3.8) is 0 Å². The molecule has 0 N–H and O–H groups in total. The summed E-state index contributed by atoms with van der Waals surface area (Å²) in [5.41, 5.74) is 30.7. The quantitative estimate of drug-likeness (QED) is 0.0501. The van der Waals surface area contributed by atoms with Crippen LogP contribution in [0.15, 0.2) is 292 Å². The van der Waals surface area contributed by atoms with Crippen LogP contribution in [0.1, 0.15) is 123 Å². The molecule has 0 aliphatic heterocycles. The van der Waals surface area contributed by atoms with Crippen LogP contribution in [0, 0.1) is 27.7 Å². The first-order valence-electron chi connectivity index (χ1n) is 35.1. The number of anilines is 12. The Bertz CT molecular complexity index is 4410. The second-order valence-corrected chi connectivity index (χ2v) is 26.6. The molecule has 0 spiro atoms. The van der Waals surface area contributed by atoms with Gasteiger partial charge in [-0.05, 0) is 264 Å². The molecule has 13 rings (SSSR count). The largest absolute Gasteiger partial charge is 0.310 e. The van der Waals surface area contributed by atoms with E-state index >= 15 is 0 Å². The monoisotopic (exact) mass is 1260 g/mol. The minimum Gasteiger partial charge on any atom is -0.310 e. The molecule has 1 aliphatic rings. The van der Waals surface area contributed by atoms with Gasteiger partial charge in [0.2, 0.25) is 0 Å². The van der Waals surface area contributed by atoms with Gasteiger partial charge in [0.05, 0.1) is 0 Å². The van der Waals surface area contributed by atoms with Crippen molar-refractivity contribution in [1.82, 2.24) is 0 Å². The fourth-order valence-corrected chi connectivity index (χ4v) is 14.8. The van der Waals surface area contributed by atoms with Crippen LogP contribution in [0.4, 0.5) is 68.2 Å². The van der Waals surface area contributed by atoms with Gasteiger partial charge in [-0.25, -0.2) is 0 Å². The van der Waals surface area contributed by atoms with Crippen molar-refractivity contribution >= 4 is 80.4 Å². The summed E-state index contributed by atoms with van der Waals surface area (Å²) in [6, 6.07) is 104. The molecule has 0 aromatic heterocycles. The lowest BCUT2D eigenvalue weighted by Crippen LogP contribution is -2.26. The number of rotatable bonds is 26. The number of aryl methyl sites for hydroxylation is 4. The first kappa shape index (κ1) is 65.0. The molecule has 12 aromatic carbocycles. The Kier molecular flexibility index (Phi) is 19.8. The second kappa shape index (κ2) is 29.5. The Morgan fingerprint density at radius 1 is 0.268 bits per heavy atom. The van der Waals surface area contributed by atoms with E-state index in [0.717, 1.165) is 80.8 Å². The molecular formula is C93H90N4. The summed E-state index contributed by atoms with van der Waals surface area (Å²) in [6.45, 7) is 21.5. The highest BCUT2D eigenvalue weighted by Gasteiger charge is 2.43. The predicted molar refractivity (Wildman–Crippen MR) is 419 cm³/mol. The molecule has 0 saturated carbocycles. The van der Waals surface area contributed by atoms with E-state index < -0.39 is 0 Å². The van der Waals surface area contributed by atoms with E-state index in [4.69, 9.17) is 0 Å². The Balaban J connectivity index is 0.861. The topological polar surface area (TPSA) is 13.0 Å². The maximum atomic E-state index is 4.07. The van der Waals surface area contributed by atoms with Gasteiger partial charge in [-0.15, -0.1) is 0 Å². The zero-order valence-corrected chi connectivity index (χ0v) is 57.5. The third-order valence-corrected chi connectivity index (χ3v) is 19.7. The molecule has 0 bridgehead atoms. The lowest BCUT2D eigenvalue weighted by molar-refractivity contribution is 0.401. The van der Waals surface area contributed by atoms with Crippen LogP contribution in [0.25, 0.3) is 45.5 Å². The van der Waals surface area contributed by atoms with Crippen molar-refractivity contribution in [2.24, 2.45) is 0 Å². The minimum absolute atomic E-state index is 0.201. The summed E-state index contributed by atoms with van der Waals surface area (Å²) in [5, 5.41) is 0. The normalized spacial score (nSPS) is 12.0. The Morgan fingerprint density at radius 2 is 0.526 bits per heavy atom. The van der Waals surface area contributed by atoms with Crippen molar-refractivity contribution in [3.05, 3.63) is 337 Å². The van der Waals surface area contributed by atoms with Crippen molar-refractivity contribution in [3.8, 4) is 33.4 Å². The van der Waals surface area contributed by atoms with E-state index in [2.05, 4.69) is 353 Å². The molecule has 0 saturated heterocycles. The molecule has 0 heterocycles. The van der Waals surface area contributed by atoms with Gasteiger partial charge in [-0.1, -0.05) is 224 Å². The van der Waals surface area contributed by atoms with E-state index in [1.807, 2.05) is 12.2 Å². The van der Waals surface area contributed by atoms with E-state index in [-0.39, 0.29) is 5.41 Å². The average Bonchev–Trinajstić information content (AvgIpc) is 1.56. The highest BCUT2D eigenvalue weighted by Crippen LogP contribution is 2.57. The fourth-order valence-electron chi connectivity index (χ4n) is 14.8. The molecule has 0 unspecified atom stereocenters. The summed E-state index contributed by atoms with van der Waals surface area (Å²) in [4.78, 5) is 9.65. The first-order valence-corrected chi connectivity index (χ1v) is 35.1. The zero-order valence-electron chi connectivity index (χ0n) is 57.5. The molecule has 4 heteroatoms. The Labute approximate surface area is 577 Å². The highest BCUT2D eigenvalue weighted by atomic mass is 15.2. The molecule has 0 atom stereocenters. The van der Waals surface area contributed by atoms with E-state index in [9.17, 15) is 0 Å². The second-order valence-electron chi connectivity index (χ2n) is 26.6. The van der Waals surface area contributed by atoms with Crippen LogP contribution in [0.5, 0.6) is 0 Å². The smallest absolute Gasteiger partial charge is 0.0467 e.